The number of nitrogens with one attached hydrogen (secondary N) is 2. The van der Waals surface area contributed by atoms with Crippen molar-refractivity contribution in [1.29, 1.82) is 0 Å². The fourth-order valence-corrected chi connectivity index (χ4v) is 1.64. The van der Waals surface area contributed by atoms with E-state index in [9.17, 15) is 14.4 Å². The van der Waals surface area contributed by atoms with Gasteiger partial charge in [-0.3, -0.25) is 14.9 Å². The van der Waals surface area contributed by atoms with Crippen molar-refractivity contribution in [3.63, 3.8) is 0 Å². The van der Waals surface area contributed by atoms with Gasteiger partial charge in [-0.05, 0) is 6.92 Å². The minimum Gasteiger partial charge on any atom is -0.481 e. The number of urea groups is 1. The third-order valence-electron chi connectivity index (χ3n) is 1.61. The Morgan fingerprint density at radius 3 is 2.50 bits per heavy atom. The Bertz CT molecular complexity index is 270. The summed E-state index contributed by atoms with van der Waals surface area (Å²) in [7, 11) is 0. The van der Waals surface area contributed by atoms with E-state index in [1.165, 1.54) is 11.8 Å². The first kappa shape index (κ1) is 14.8. The van der Waals surface area contributed by atoms with Gasteiger partial charge in [-0.1, -0.05) is 6.92 Å². The van der Waals surface area contributed by atoms with E-state index >= 15 is 0 Å². The van der Waals surface area contributed by atoms with E-state index in [1.807, 2.05) is 0 Å². The molecule has 0 rings (SSSR count). The Kier molecular flexibility index (Phi) is 7.36. The summed E-state index contributed by atoms with van der Waals surface area (Å²) in [6.45, 7) is 3.76. The zero-order valence-corrected chi connectivity index (χ0v) is 10.1. The SMILES string of the molecule is CCNC(=O)NC(=O)CSCC(C)C(=O)O. The van der Waals surface area contributed by atoms with Crippen molar-refractivity contribution in [2.24, 2.45) is 5.92 Å². The van der Waals surface area contributed by atoms with Gasteiger partial charge >= 0.3 is 12.0 Å². The van der Waals surface area contributed by atoms with E-state index in [-0.39, 0.29) is 5.75 Å². The summed E-state index contributed by atoms with van der Waals surface area (Å²) in [5.74, 6) is -1.39. The van der Waals surface area contributed by atoms with Crippen LogP contribution in [-0.4, -0.2) is 41.1 Å². The maximum absolute atomic E-state index is 11.1. The molecule has 16 heavy (non-hydrogen) atoms. The molecule has 0 aromatic heterocycles. The summed E-state index contributed by atoms with van der Waals surface area (Å²) in [5, 5.41) is 13.1. The lowest BCUT2D eigenvalue weighted by Crippen LogP contribution is -2.40. The van der Waals surface area contributed by atoms with Crippen LogP contribution in [0.15, 0.2) is 0 Å². The molecule has 0 aliphatic heterocycles. The normalized spacial score (nSPS) is 11.6. The van der Waals surface area contributed by atoms with Crippen LogP contribution in [0.2, 0.25) is 0 Å². The predicted octanol–water partition coefficient (Wildman–Crippen LogP) is 0.286. The van der Waals surface area contributed by atoms with E-state index in [2.05, 4.69) is 10.6 Å². The maximum Gasteiger partial charge on any atom is 0.321 e. The molecule has 3 amide bonds. The lowest BCUT2D eigenvalue weighted by molar-refractivity contribution is -0.140. The van der Waals surface area contributed by atoms with E-state index in [0.717, 1.165) is 0 Å². The highest BCUT2D eigenvalue weighted by molar-refractivity contribution is 7.99. The van der Waals surface area contributed by atoms with Crippen LogP contribution in [-0.2, 0) is 9.59 Å². The average molecular weight is 248 g/mol. The average Bonchev–Trinajstić information content (AvgIpc) is 2.17. The Labute approximate surface area is 98.2 Å². The Hall–Kier alpha value is -1.24. The van der Waals surface area contributed by atoms with Crippen LogP contribution in [0.3, 0.4) is 0 Å². The number of amides is 3. The number of aliphatic carboxylic acids is 1. The third kappa shape index (κ3) is 7.10. The summed E-state index contributed by atoms with van der Waals surface area (Å²) >= 11 is 1.18. The summed E-state index contributed by atoms with van der Waals surface area (Å²) in [6, 6.07) is -0.528. The number of rotatable bonds is 6. The second kappa shape index (κ2) is 7.98. The maximum atomic E-state index is 11.1. The summed E-state index contributed by atoms with van der Waals surface area (Å²) in [4.78, 5) is 32.5. The molecule has 0 fully saturated rings. The second-order valence-corrected chi connectivity index (χ2v) is 4.19. The fourth-order valence-electron chi connectivity index (χ4n) is 0.767. The summed E-state index contributed by atoms with van der Waals surface area (Å²) in [6.07, 6.45) is 0. The van der Waals surface area contributed by atoms with Gasteiger partial charge in [0.05, 0.1) is 11.7 Å². The van der Waals surface area contributed by atoms with Crippen molar-refractivity contribution in [3.05, 3.63) is 0 Å². The first-order valence-electron chi connectivity index (χ1n) is 4.85. The molecular weight excluding hydrogens is 232 g/mol. The molecule has 0 bridgehead atoms. The molecule has 1 unspecified atom stereocenters. The number of thioether (sulfide) groups is 1. The van der Waals surface area contributed by atoms with E-state index in [1.54, 1.807) is 13.8 Å². The first-order valence-corrected chi connectivity index (χ1v) is 6.01. The molecule has 0 aliphatic carbocycles. The lowest BCUT2D eigenvalue weighted by atomic mass is 10.2. The van der Waals surface area contributed by atoms with Crippen LogP contribution in [0.25, 0.3) is 0 Å². The molecule has 0 radical (unpaired) electrons. The van der Waals surface area contributed by atoms with Gasteiger partial charge in [-0.2, -0.15) is 11.8 Å². The Morgan fingerprint density at radius 2 is 2.00 bits per heavy atom. The molecule has 0 saturated carbocycles. The third-order valence-corrected chi connectivity index (χ3v) is 2.81. The van der Waals surface area contributed by atoms with Gasteiger partial charge in [-0.15, -0.1) is 0 Å². The van der Waals surface area contributed by atoms with Gasteiger partial charge in [0.2, 0.25) is 5.91 Å². The standard InChI is InChI=1S/C9H16N2O4S/c1-3-10-9(15)11-7(12)5-16-4-6(2)8(13)14/h6H,3-5H2,1-2H3,(H,13,14)(H2,10,11,12,15). The molecule has 0 aromatic carbocycles. The highest BCUT2D eigenvalue weighted by Crippen LogP contribution is 2.07. The van der Waals surface area contributed by atoms with Crippen LogP contribution in [0.1, 0.15) is 13.8 Å². The minimum absolute atomic E-state index is 0.0781. The number of carboxylic acid groups (broad SMARTS) is 1. The number of hydrogen-bond donors (Lipinski definition) is 3. The van der Waals surface area contributed by atoms with E-state index < -0.39 is 23.8 Å². The molecule has 6 nitrogen and oxygen atoms in total. The fraction of sp³-hybridized carbons (Fsp3) is 0.667. The molecule has 0 saturated heterocycles. The molecular formula is C9H16N2O4S. The zero-order valence-electron chi connectivity index (χ0n) is 9.28. The number of hydrogen-bond acceptors (Lipinski definition) is 4. The van der Waals surface area contributed by atoms with E-state index in [0.29, 0.717) is 12.3 Å². The highest BCUT2D eigenvalue weighted by Gasteiger charge is 2.12. The van der Waals surface area contributed by atoms with Gasteiger partial charge < -0.3 is 10.4 Å². The topological polar surface area (TPSA) is 95.5 Å². The molecule has 0 aliphatic rings. The van der Waals surface area contributed by atoms with E-state index in [4.69, 9.17) is 5.11 Å². The molecule has 7 heteroatoms. The Balaban J connectivity index is 3.66. The van der Waals surface area contributed by atoms with Crippen molar-refractivity contribution < 1.29 is 19.5 Å². The lowest BCUT2D eigenvalue weighted by Gasteiger charge is -2.06. The summed E-state index contributed by atoms with van der Waals surface area (Å²) < 4.78 is 0. The number of carboxylic acids is 1. The van der Waals surface area contributed by atoms with Crippen LogP contribution in [0.5, 0.6) is 0 Å². The van der Waals surface area contributed by atoms with Crippen molar-refractivity contribution >= 4 is 29.7 Å². The highest BCUT2D eigenvalue weighted by atomic mass is 32.2. The predicted molar refractivity (Wildman–Crippen MR) is 61.3 cm³/mol. The van der Waals surface area contributed by atoms with Crippen LogP contribution >= 0.6 is 11.8 Å². The first-order chi connectivity index (χ1) is 7.47. The van der Waals surface area contributed by atoms with Crippen molar-refractivity contribution in [1.82, 2.24) is 10.6 Å². The zero-order chi connectivity index (χ0) is 12.6. The minimum atomic E-state index is -0.892. The largest absolute Gasteiger partial charge is 0.481 e. The van der Waals surface area contributed by atoms with Gasteiger partial charge in [0, 0.05) is 12.3 Å². The molecule has 0 spiro atoms. The van der Waals surface area contributed by atoms with Crippen molar-refractivity contribution in [2.75, 3.05) is 18.1 Å². The monoisotopic (exact) mass is 248 g/mol. The smallest absolute Gasteiger partial charge is 0.321 e. The molecule has 92 valence electrons. The quantitative estimate of drug-likeness (QED) is 0.627. The van der Waals surface area contributed by atoms with Gasteiger partial charge in [0.25, 0.3) is 0 Å². The number of carbonyl (C=O) groups is 3. The Morgan fingerprint density at radius 1 is 1.38 bits per heavy atom. The van der Waals surface area contributed by atoms with Gasteiger partial charge in [0.15, 0.2) is 0 Å². The van der Waals surface area contributed by atoms with Gasteiger partial charge in [-0.25, -0.2) is 4.79 Å². The number of carbonyl (C=O) groups excluding carboxylic acids is 2. The second-order valence-electron chi connectivity index (χ2n) is 3.16. The van der Waals surface area contributed by atoms with Crippen LogP contribution in [0, 0.1) is 5.92 Å². The molecule has 3 N–H and O–H groups in total. The van der Waals surface area contributed by atoms with Crippen molar-refractivity contribution in [2.45, 2.75) is 13.8 Å². The molecule has 1 atom stereocenters. The number of imide groups is 1. The van der Waals surface area contributed by atoms with Crippen LogP contribution < -0.4 is 10.6 Å². The summed E-state index contributed by atoms with van der Waals surface area (Å²) in [5.41, 5.74) is 0. The molecule has 0 aromatic rings. The van der Waals surface area contributed by atoms with Crippen molar-refractivity contribution in [3.8, 4) is 0 Å². The molecule has 0 heterocycles. The van der Waals surface area contributed by atoms with Crippen LogP contribution in [0.4, 0.5) is 4.79 Å². The van der Waals surface area contributed by atoms with Gasteiger partial charge in [0.1, 0.15) is 0 Å².